The summed E-state index contributed by atoms with van der Waals surface area (Å²) in [6, 6.07) is 22.1. The Morgan fingerprint density at radius 3 is 2.61 bits per heavy atom. The van der Waals surface area contributed by atoms with Gasteiger partial charge in [-0.1, -0.05) is 43.3 Å². The van der Waals surface area contributed by atoms with Crippen LogP contribution in [0.2, 0.25) is 0 Å². The quantitative estimate of drug-likeness (QED) is 0.463. The van der Waals surface area contributed by atoms with Gasteiger partial charge in [-0.05, 0) is 55.2 Å². The molecule has 5 rings (SSSR count). The molecule has 2 aliphatic rings. The van der Waals surface area contributed by atoms with Gasteiger partial charge < -0.3 is 19.3 Å². The van der Waals surface area contributed by atoms with Crippen LogP contribution in [0.25, 0.3) is 0 Å². The van der Waals surface area contributed by atoms with Crippen LogP contribution in [-0.4, -0.2) is 54.8 Å². The maximum absolute atomic E-state index is 13.5. The number of rotatable bonds is 4. The van der Waals surface area contributed by atoms with E-state index in [1.165, 1.54) is 0 Å². The Morgan fingerprint density at radius 2 is 1.83 bits per heavy atom. The number of aryl methyl sites for hydroxylation is 1. The summed E-state index contributed by atoms with van der Waals surface area (Å²) < 4.78 is 11.8. The molecule has 36 heavy (non-hydrogen) atoms. The lowest BCUT2D eigenvalue weighted by atomic mass is 9.95. The van der Waals surface area contributed by atoms with E-state index in [1.807, 2.05) is 60.4 Å². The molecule has 0 N–H and O–H groups in total. The molecule has 1 saturated heterocycles. The van der Waals surface area contributed by atoms with Gasteiger partial charge in [0, 0.05) is 32.2 Å². The highest BCUT2D eigenvalue weighted by atomic mass is 16.5. The summed E-state index contributed by atoms with van der Waals surface area (Å²) >= 11 is 0. The van der Waals surface area contributed by atoms with Crippen LogP contribution in [0.15, 0.2) is 71.7 Å². The van der Waals surface area contributed by atoms with Gasteiger partial charge >= 0.3 is 0 Å². The molecule has 3 aromatic rings. The second-order valence-electron chi connectivity index (χ2n) is 9.41. The zero-order valence-electron chi connectivity index (χ0n) is 21.2. The van der Waals surface area contributed by atoms with Gasteiger partial charge in [0.2, 0.25) is 5.91 Å². The normalized spacial score (nSPS) is 16.0. The number of amidine groups is 1. The van der Waals surface area contributed by atoms with Crippen LogP contribution >= 0.6 is 0 Å². The fourth-order valence-corrected chi connectivity index (χ4v) is 5.04. The van der Waals surface area contributed by atoms with E-state index in [2.05, 4.69) is 30.0 Å². The van der Waals surface area contributed by atoms with Gasteiger partial charge in [-0.3, -0.25) is 4.79 Å². The fraction of sp³-hybridized carbons (Fsp3) is 0.333. The average molecular weight is 484 g/mol. The lowest BCUT2D eigenvalue weighted by molar-refractivity contribution is -0.132. The van der Waals surface area contributed by atoms with E-state index in [0.717, 1.165) is 71.4 Å². The third kappa shape index (κ3) is 4.81. The van der Waals surface area contributed by atoms with Crippen LogP contribution in [0.5, 0.6) is 17.2 Å². The molecule has 3 aromatic carbocycles. The molecule has 1 fully saturated rings. The smallest absolute Gasteiger partial charge is 0.230 e. The number of hydrogen-bond donors (Lipinski definition) is 0. The lowest BCUT2D eigenvalue weighted by Gasteiger charge is -2.27. The van der Waals surface area contributed by atoms with Crippen LogP contribution in [0.4, 0.5) is 5.69 Å². The second kappa shape index (κ2) is 10.4. The van der Waals surface area contributed by atoms with E-state index in [0.29, 0.717) is 13.1 Å². The van der Waals surface area contributed by atoms with E-state index in [1.54, 1.807) is 7.11 Å². The molecule has 0 radical (unpaired) electrons. The van der Waals surface area contributed by atoms with Crippen LogP contribution in [-0.2, 0) is 4.79 Å². The van der Waals surface area contributed by atoms with Crippen molar-refractivity contribution in [2.24, 2.45) is 4.99 Å². The Bertz CT molecular complexity index is 1270. The van der Waals surface area contributed by atoms with Gasteiger partial charge in [0.15, 0.2) is 5.75 Å². The molecular weight excluding hydrogens is 450 g/mol. The second-order valence-corrected chi connectivity index (χ2v) is 9.41. The van der Waals surface area contributed by atoms with Gasteiger partial charge in [0.05, 0.1) is 18.6 Å². The number of fused-ring (bicyclic) bond motifs is 2. The number of methoxy groups -OCH3 is 1. The highest BCUT2D eigenvalue weighted by Crippen LogP contribution is 2.40. The molecule has 6 nitrogen and oxygen atoms in total. The first-order valence-electron chi connectivity index (χ1n) is 12.7. The van der Waals surface area contributed by atoms with Gasteiger partial charge in [-0.2, -0.15) is 0 Å². The minimum atomic E-state index is -0.107. The Kier molecular flexibility index (Phi) is 6.94. The summed E-state index contributed by atoms with van der Waals surface area (Å²) in [7, 11) is 1.66. The maximum atomic E-state index is 13.5. The van der Waals surface area contributed by atoms with Crippen LogP contribution in [0.3, 0.4) is 0 Å². The van der Waals surface area contributed by atoms with E-state index >= 15 is 0 Å². The topological polar surface area (TPSA) is 54.4 Å². The average Bonchev–Trinajstić information content (AvgIpc) is 3.24. The minimum Gasteiger partial charge on any atom is -0.497 e. The predicted molar refractivity (Wildman–Crippen MR) is 143 cm³/mol. The van der Waals surface area contributed by atoms with Crippen molar-refractivity contribution in [1.82, 2.24) is 9.80 Å². The zero-order valence-corrected chi connectivity index (χ0v) is 21.2. The first-order chi connectivity index (χ1) is 17.6. The Balaban J connectivity index is 1.43. The van der Waals surface area contributed by atoms with E-state index in [-0.39, 0.29) is 11.8 Å². The zero-order chi connectivity index (χ0) is 25.1. The first-order valence-corrected chi connectivity index (χ1v) is 12.7. The van der Waals surface area contributed by atoms with Crippen molar-refractivity contribution < 1.29 is 14.3 Å². The third-order valence-electron chi connectivity index (χ3n) is 7.01. The number of carbonyl (C=O) groups is 1. The number of nitrogens with zero attached hydrogens (tertiary/aromatic N) is 3. The van der Waals surface area contributed by atoms with E-state index in [4.69, 9.17) is 14.5 Å². The molecule has 186 valence electrons. The highest BCUT2D eigenvalue weighted by molar-refractivity contribution is 6.04. The van der Waals surface area contributed by atoms with Crippen LogP contribution in [0.1, 0.15) is 42.4 Å². The first kappa shape index (κ1) is 23.9. The maximum Gasteiger partial charge on any atom is 0.230 e. The van der Waals surface area contributed by atoms with Crippen molar-refractivity contribution in [1.29, 1.82) is 0 Å². The SMILES string of the molecule is CC[C@@H](C(=O)N1CCCN(C2=Nc3ccc(C)cc3Oc3cc(OC)ccc32)CC1)c1ccccc1. The summed E-state index contributed by atoms with van der Waals surface area (Å²) in [5.74, 6) is 3.18. The van der Waals surface area contributed by atoms with E-state index < -0.39 is 0 Å². The fourth-order valence-electron chi connectivity index (χ4n) is 5.04. The molecule has 0 aromatic heterocycles. The molecule has 6 heteroatoms. The third-order valence-corrected chi connectivity index (χ3v) is 7.01. The van der Waals surface area contributed by atoms with Crippen molar-refractivity contribution in [3.05, 3.63) is 83.4 Å². The van der Waals surface area contributed by atoms with Crippen molar-refractivity contribution >= 4 is 17.4 Å². The molecule has 0 aliphatic carbocycles. The summed E-state index contributed by atoms with van der Waals surface area (Å²) in [6.07, 6.45) is 1.67. The van der Waals surface area contributed by atoms with E-state index in [9.17, 15) is 4.79 Å². The standard InChI is InChI=1S/C30H33N3O3/c1-4-24(22-9-6-5-7-10-22)30(34)33-16-8-15-32(17-18-33)29-25-13-12-23(35-3)20-27(25)36-28-19-21(2)11-14-26(28)31-29/h5-7,9-14,19-20,24H,4,8,15-18H2,1-3H3/t24-/m1/s1. The Morgan fingerprint density at radius 1 is 1.00 bits per heavy atom. The van der Waals surface area contributed by atoms with Gasteiger partial charge in [0.25, 0.3) is 0 Å². The summed E-state index contributed by atoms with van der Waals surface area (Å²) in [4.78, 5) is 22.9. The van der Waals surface area contributed by atoms with Gasteiger partial charge in [-0.25, -0.2) is 4.99 Å². The predicted octanol–water partition coefficient (Wildman–Crippen LogP) is 5.92. The molecule has 2 aliphatic heterocycles. The summed E-state index contributed by atoms with van der Waals surface area (Å²) in [5, 5.41) is 0. The molecule has 0 spiro atoms. The highest BCUT2D eigenvalue weighted by Gasteiger charge is 2.29. The molecule has 2 heterocycles. The number of benzene rings is 3. The van der Waals surface area contributed by atoms with Crippen molar-refractivity contribution in [2.45, 2.75) is 32.6 Å². The van der Waals surface area contributed by atoms with Crippen molar-refractivity contribution in [3.63, 3.8) is 0 Å². The number of ether oxygens (including phenoxy) is 2. The number of aliphatic imine (C=N–C) groups is 1. The van der Waals surface area contributed by atoms with Crippen molar-refractivity contribution in [3.8, 4) is 17.2 Å². The minimum absolute atomic E-state index is 0.107. The molecule has 1 amide bonds. The lowest BCUT2D eigenvalue weighted by Crippen LogP contribution is -2.39. The molecule has 1 atom stereocenters. The van der Waals surface area contributed by atoms with Gasteiger partial charge in [-0.15, -0.1) is 0 Å². The van der Waals surface area contributed by atoms with Crippen LogP contribution in [0, 0.1) is 6.92 Å². The molecule has 0 unspecified atom stereocenters. The monoisotopic (exact) mass is 483 g/mol. The number of hydrogen-bond acceptors (Lipinski definition) is 5. The Hall–Kier alpha value is -3.80. The summed E-state index contributed by atoms with van der Waals surface area (Å²) in [6.45, 7) is 7.07. The number of carbonyl (C=O) groups excluding carboxylic acids is 1. The van der Waals surface area contributed by atoms with Crippen molar-refractivity contribution in [2.75, 3.05) is 33.3 Å². The largest absolute Gasteiger partial charge is 0.497 e. The Labute approximate surface area is 213 Å². The molecule has 0 bridgehead atoms. The summed E-state index contributed by atoms with van der Waals surface area (Å²) in [5.41, 5.74) is 3.94. The number of amides is 1. The molecule has 0 saturated carbocycles. The van der Waals surface area contributed by atoms with Gasteiger partial charge in [0.1, 0.15) is 23.0 Å². The molecular formula is C30H33N3O3. The van der Waals surface area contributed by atoms with Crippen LogP contribution < -0.4 is 9.47 Å².